The van der Waals surface area contributed by atoms with E-state index in [9.17, 15) is 0 Å². The topological polar surface area (TPSA) is 26.0 Å². The van der Waals surface area contributed by atoms with E-state index < -0.39 is 0 Å². The van der Waals surface area contributed by atoms with Crippen LogP contribution in [0.2, 0.25) is 0 Å². The van der Waals surface area contributed by atoms with E-state index in [0.29, 0.717) is 0 Å². The van der Waals surface area contributed by atoms with Crippen LogP contribution in [0.4, 0.5) is 5.69 Å². The first-order valence-corrected chi connectivity index (χ1v) is 2.20. The van der Waals surface area contributed by atoms with Crippen LogP contribution in [0.15, 0.2) is 30.3 Å². The third-order valence-electron chi connectivity index (χ3n) is 0.800. The van der Waals surface area contributed by atoms with Gasteiger partial charge in [-0.25, -0.2) is 0 Å². The van der Waals surface area contributed by atoms with Crippen LogP contribution >= 0.6 is 0 Å². The van der Waals surface area contributed by atoms with Crippen molar-refractivity contribution in [2.45, 2.75) is 0 Å². The second kappa shape index (κ2) is 16.5. The quantitative estimate of drug-likeness (QED) is 0.249. The number of para-hydroxylation sites is 1. The molecule has 1 aromatic rings. The summed E-state index contributed by atoms with van der Waals surface area (Å²) in [6.07, 6.45) is 0. The molecule has 1 nitrogen and oxygen atoms in total. The van der Waals surface area contributed by atoms with Gasteiger partial charge in [0.1, 0.15) is 0 Å². The Bertz CT molecular complexity index is 149. The van der Waals surface area contributed by atoms with Gasteiger partial charge in [-0.2, -0.15) is 0 Å². The molecule has 6 heteroatoms. The number of benzene rings is 1. The zero-order valence-corrected chi connectivity index (χ0v) is 6.98. The normalized spacial score (nSPS) is 5.00. The van der Waals surface area contributed by atoms with Crippen molar-refractivity contribution in [3.8, 4) is 0 Å². The SMILES string of the molecule is Nc1ccccc1.[F-].[F-].[F-].[F-].[Si+4]. The number of halogens is 4. The molecule has 0 atom stereocenters. The molecule has 0 saturated carbocycles. The van der Waals surface area contributed by atoms with Crippen molar-refractivity contribution in [3.63, 3.8) is 0 Å². The van der Waals surface area contributed by atoms with Crippen molar-refractivity contribution in [1.29, 1.82) is 0 Å². The maximum Gasteiger partial charge on any atom is 4.00 e. The Morgan fingerprint density at radius 1 is 0.750 bits per heavy atom. The molecule has 0 aromatic heterocycles. The molecule has 0 aliphatic heterocycles. The van der Waals surface area contributed by atoms with Crippen molar-refractivity contribution >= 4 is 16.7 Å². The summed E-state index contributed by atoms with van der Waals surface area (Å²) in [7, 11) is 0. The van der Waals surface area contributed by atoms with E-state index in [2.05, 4.69) is 0 Å². The fraction of sp³-hybridized carbons (Fsp3) is 0. The van der Waals surface area contributed by atoms with Gasteiger partial charge < -0.3 is 24.6 Å². The van der Waals surface area contributed by atoms with Gasteiger partial charge in [0.2, 0.25) is 0 Å². The van der Waals surface area contributed by atoms with Crippen molar-refractivity contribution in [1.82, 2.24) is 0 Å². The molecule has 0 heterocycles. The first-order chi connectivity index (χ1) is 3.39. The van der Waals surface area contributed by atoms with Gasteiger partial charge in [-0.15, -0.1) is 0 Å². The number of anilines is 1. The Morgan fingerprint density at radius 3 is 1.25 bits per heavy atom. The molecule has 0 aliphatic rings. The van der Waals surface area contributed by atoms with Crippen molar-refractivity contribution in [3.05, 3.63) is 30.3 Å². The Kier molecular flexibility index (Phi) is 42.1. The molecule has 1 aromatic carbocycles. The van der Waals surface area contributed by atoms with Crippen LogP contribution in [-0.4, -0.2) is 11.0 Å². The molecule has 0 amide bonds. The Labute approximate surface area is 72.5 Å². The van der Waals surface area contributed by atoms with Crippen LogP contribution in [0.1, 0.15) is 0 Å². The fourth-order valence-corrected chi connectivity index (χ4v) is 0.453. The molecule has 12 heavy (non-hydrogen) atoms. The summed E-state index contributed by atoms with van der Waals surface area (Å²) in [5.74, 6) is 0. The number of hydrogen-bond acceptors (Lipinski definition) is 1. The van der Waals surface area contributed by atoms with Gasteiger partial charge in [-0.1, -0.05) is 18.2 Å². The molecule has 0 saturated heterocycles. The first kappa shape index (κ1) is 30.6. The maximum absolute atomic E-state index is 5.36. The van der Waals surface area contributed by atoms with Gasteiger partial charge in [-0.05, 0) is 12.1 Å². The molecule has 2 N–H and O–H groups in total. The van der Waals surface area contributed by atoms with E-state index in [1.165, 1.54) is 0 Å². The Hall–Kier alpha value is -1.04. The number of rotatable bonds is 0. The monoisotopic (exact) mass is 197 g/mol. The minimum absolute atomic E-state index is 0. The smallest absolute Gasteiger partial charge is 1.00 e. The average molecular weight is 197 g/mol. The summed E-state index contributed by atoms with van der Waals surface area (Å²) >= 11 is 0. The predicted molar refractivity (Wildman–Crippen MR) is 36.6 cm³/mol. The minimum atomic E-state index is 0. The zero-order chi connectivity index (χ0) is 5.11. The van der Waals surface area contributed by atoms with Crippen LogP contribution in [0.5, 0.6) is 0 Å². The number of nitrogens with two attached hydrogens (primary N) is 1. The summed E-state index contributed by atoms with van der Waals surface area (Å²) in [5.41, 5.74) is 6.18. The van der Waals surface area contributed by atoms with Crippen LogP contribution in [0.3, 0.4) is 0 Å². The summed E-state index contributed by atoms with van der Waals surface area (Å²) in [5, 5.41) is 0. The molecular formula is C6H7F4NSi. The Morgan fingerprint density at radius 2 is 1.08 bits per heavy atom. The third kappa shape index (κ3) is 11.7. The second-order valence-electron chi connectivity index (χ2n) is 1.41. The molecule has 0 unspecified atom stereocenters. The van der Waals surface area contributed by atoms with E-state index >= 15 is 0 Å². The zero-order valence-electron chi connectivity index (χ0n) is 5.98. The molecule has 1 rings (SSSR count). The first-order valence-electron chi connectivity index (χ1n) is 2.20. The van der Waals surface area contributed by atoms with Crippen LogP contribution in [0, 0.1) is 0 Å². The van der Waals surface area contributed by atoms with Crippen LogP contribution in [-0.2, 0) is 0 Å². The minimum Gasteiger partial charge on any atom is -1.00 e. The van der Waals surface area contributed by atoms with Gasteiger partial charge in [0, 0.05) is 5.69 Å². The standard InChI is InChI=1S/C6H7N.4FH.Si/c7-6-4-2-1-3-5-6;;;;;/h1-5H,7H2;4*1H;/q;;;;;+4/p-4. The summed E-state index contributed by atoms with van der Waals surface area (Å²) in [6, 6.07) is 9.49. The molecule has 0 spiro atoms. The molecule has 0 bridgehead atoms. The van der Waals surface area contributed by atoms with E-state index in [1.54, 1.807) is 0 Å². The maximum atomic E-state index is 5.36. The summed E-state index contributed by atoms with van der Waals surface area (Å²) in [6.45, 7) is 0. The van der Waals surface area contributed by atoms with Crippen molar-refractivity contribution < 1.29 is 18.8 Å². The van der Waals surface area contributed by atoms with Crippen molar-refractivity contribution in [2.75, 3.05) is 5.73 Å². The summed E-state index contributed by atoms with van der Waals surface area (Å²) in [4.78, 5) is 0. The van der Waals surface area contributed by atoms with Gasteiger partial charge in [-0.3, -0.25) is 0 Å². The van der Waals surface area contributed by atoms with Crippen molar-refractivity contribution in [2.24, 2.45) is 0 Å². The van der Waals surface area contributed by atoms with E-state index in [4.69, 9.17) is 5.73 Å². The fourth-order valence-electron chi connectivity index (χ4n) is 0.453. The van der Waals surface area contributed by atoms with E-state index in [-0.39, 0.29) is 29.8 Å². The van der Waals surface area contributed by atoms with Gasteiger partial charge in [0.25, 0.3) is 0 Å². The third-order valence-corrected chi connectivity index (χ3v) is 0.800. The van der Waals surface area contributed by atoms with E-state index in [0.717, 1.165) is 5.69 Å². The molecule has 0 aliphatic carbocycles. The van der Waals surface area contributed by atoms with Crippen LogP contribution < -0.4 is 24.6 Å². The van der Waals surface area contributed by atoms with E-state index in [1.807, 2.05) is 30.3 Å². The molecule has 68 valence electrons. The van der Waals surface area contributed by atoms with Crippen LogP contribution in [0.25, 0.3) is 0 Å². The molecule has 0 fully saturated rings. The van der Waals surface area contributed by atoms with Gasteiger partial charge >= 0.3 is 11.0 Å². The summed E-state index contributed by atoms with van der Waals surface area (Å²) < 4.78 is 0. The number of hydrogen-bond donors (Lipinski definition) is 1. The second-order valence-corrected chi connectivity index (χ2v) is 1.41. The Balaban J connectivity index is -0.0000000327. The molecule has 0 radical (unpaired) electrons. The molecular weight excluding hydrogens is 190 g/mol. The van der Waals surface area contributed by atoms with Gasteiger partial charge in [0.15, 0.2) is 0 Å². The predicted octanol–water partition coefficient (Wildman–Crippen LogP) is -11.1. The van der Waals surface area contributed by atoms with Gasteiger partial charge in [0.05, 0.1) is 0 Å². The largest absolute Gasteiger partial charge is 4.00 e. The number of nitrogen functional groups attached to an aromatic ring is 1. The average Bonchev–Trinajstić information content (AvgIpc) is 1.69.